The molecule has 0 N–H and O–H groups in total. The third kappa shape index (κ3) is 3.85. The van der Waals surface area contributed by atoms with Gasteiger partial charge in [-0.15, -0.1) is 0 Å². The molecule has 6 nitrogen and oxygen atoms in total. The van der Waals surface area contributed by atoms with E-state index in [1.54, 1.807) is 6.07 Å². The van der Waals surface area contributed by atoms with E-state index in [4.69, 9.17) is 9.47 Å². The summed E-state index contributed by atoms with van der Waals surface area (Å²) in [6, 6.07) is 9.60. The van der Waals surface area contributed by atoms with Crippen molar-refractivity contribution in [1.82, 2.24) is 0 Å². The SMILES string of the molecule is COc1ccc([N+](=O)[O-])cc1OCC(=O)c1cc(C)ccc1C. The average molecular weight is 315 g/mol. The van der Waals surface area contributed by atoms with Crippen LogP contribution in [0.5, 0.6) is 11.5 Å². The highest BCUT2D eigenvalue weighted by atomic mass is 16.6. The fraction of sp³-hybridized carbons (Fsp3) is 0.235. The summed E-state index contributed by atoms with van der Waals surface area (Å²) in [4.78, 5) is 22.6. The number of carbonyl (C=O) groups is 1. The van der Waals surface area contributed by atoms with E-state index in [0.717, 1.165) is 11.1 Å². The number of nitro benzene ring substituents is 1. The maximum atomic E-state index is 12.3. The van der Waals surface area contributed by atoms with Gasteiger partial charge >= 0.3 is 0 Å². The number of nitrogens with zero attached hydrogens (tertiary/aromatic N) is 1. The molecule has 23 heavy (non-hydrogen) atoms. The van der Waals surface area contributed by atoms with Crippen molar-refractivity contribution in [2.45, 2.75) is 13.8 Å². The number of benzene rings is 2. The predicted octanol–water partition coefficient (Wildman–Crippen LogP) is 3.48. The molecule has 120 valence electrons. The molecule has 0 saturated carbocycles. The van der Waals surface area contributed by atoms with Gasteiger partial charge in [0.2, 0.25) is 0 Å². The molecule has 2 aromatic rings. The van der Waals surface area contributed by atoms with E-state index >= 15 is 0 Å². The molecule has 0 aliphatic carbocycles. The van der Waals surface area contributed by atoms with Gasteiger partial charge in [0.1, 0.15) is 0 Å². The van der Waals surface area contributed by atoms with Crippen molar-refractivity contribution in [2.24, 2.45) is 0 Å². The fourth-order valence-corrected chi connectivity index (χ4v) is 2.15. The van der Waals surface area contributed by atoms with Crippen molar-refractivity contribution in [3.05, 3.63) is 63.2 Å². The highest BCUT2D eigenvalue weighted by Crippen LogP contribution is 2.31. The van der Waals surface area contributed by atoms with Crippen LogP contribution in [0, 0.1) is 24.0 Å². The lowest BCUT2D eigenvalue weighted by atomic mass is 10.0. The summed E-state index contributed by atoms with van der Waals surface area (Å²) in [6.45, 7) is 3.53. The maximum Gasteiger partial charge on any atom is 0.273 e. The first-order valence-electron chi connectivity index (χ1n) is 6.98. The Morgan fingerprint density at radius 3 is 2.52 bits per heavy atom. The largest absolute Gasteiger partial charge is 0.493 e. The van der Waals surface area contributed by atoms with Gasteiger partial charge in [-0.05, 0) is 31.5 Å². The monoisotopic (exact) mass is 315 g/mol. The first kappa shape index (κ1) is 16.5. The van der Waals surface area contributed by atoms with Crippen LogP contribution in [0.2, 0.25) is 0 Å². The second kappa shape index (κ2) is 6.91. The van der Waals surface area contributed by atoms with Gasteiger partial charge in [0, 0.05) is 11.6 Å². The van der Waals surface area contributed by atoms with Gasteiger partial charge in [-0.1, -0.05) is 17.7 Å². The number of carbonyl (C=O) groups excluding carboxylic acids is 1. The quantitative estimate of drug-likeness (QED) is 0.463. The molecule has 2 rings (SSSR count). The Morgan fingerprint density at radius 2 is 1.87 bits per heavy atom. The first-order valence-corrected chi connectivity index (χ1v) is 6.98. The van der Waals surface area contributed by atoms with Crippen molar-refractivity contribution < 1.29 is 19.2 Å². The number of aryl methyl sites for hydroxylation is 2. The van der Waals surface area contributed by atoms with Gasteiger partial charge in [0.05, 0.1) is 18.1 Å². The fourth-order valence-electron chi connectivity index (χ4n) is 2.15. The summed E-state index contributed by atoms with van der Waals surface area (Å²) in [5.74, 6) is 0.310. The second-order valence-electron chi connectivity index (χ2n) is 5.12. The highest BCUT2D eigenvalue weighted by molar-refractivity contribution is 5.98. The van der Waals surface area contributed by atoms with Crippen LogP contribution >= 0.6 is 0 Å². The van der Waals surface area contributed by atoms with Gasteiger partial charge < -0.3 is 9.47 Å². The average Bonchev–Trinajstić information content (AvgIpc) is 2.54. The number of hydrogen-bond donors (Lipinski definition) is 0. The van der Waals surface area contributed by atoms with Crippen LogP contribution in [-0.2, 0) is 0 Å². The minimum absolute atomic E-state index is 0.125. The molecule has 0 amide bonds. The van der Waals surface area contributed by atoms with Gasteiger partial charge in [-0.3, -0.25) is 14.9 Å². The zero-order valence-corrected chi connectivity index (χ0v) is 13.2. The third-order valence-electron chi connectivity index (χ3n) is 3.41. The van der Waals surface area contributed by atoms with E-state index in [-0.39, 0.29) is 23.8 Å². The number of ketones is 1. The van der Waals surface area contributed by atoms with Crippen molar-refractivity contribution >= 4 is 11.5 Å². The number of rotatable bonds is 6. The Labute approximate surface area is 133 Å². The minimum atomic E-state index is -0.529. The van der Waals surface area contributed by atoms with E-state index in [2.05, 4.69) is 0 Å². The van der Waals surface area contributed by atoms with E-state index in [9.17, 15) is 14.9 Å². The molecule has 0 heterocycles. The zero-order chi connectivity index (χ0) is 17.0. The number of methoxy groups -OCH3 is 1. The number of nitro groups is 1. The van der Waals surface area contributed by atoms with Crippen LogP contribution in [0.15, 0.2) is 36.4 Å². The normalized spacial score (nSPS) is 10.2. The van der Waals surface area contributed by atoms with Gasteiger partial charge in [-0.25, -0.2) is 0 Å². The van der Waals surface area contributed by atoms with Crippen molar-refractivity contribution in [3.8, 4) is 11.5 Å². The van der Waals surface area contributed by atoms with E-state index in [0.29, 0.717) is 11.3 Å². The summed E-state index contributed by atoms with van der Waals surface area (Å²) in [6.07, 6.45) is 0. The lowest BCUT2D eigenvalue weighted by molar-refractivity contribution is -0.385. The van der Waals surface area contributed by atoms with Crippen LogP contribution in [0.3, 0.4) is 0 Å². The zero-order valence-electron chi connectivity index (χ0n) is 13.2. The number of hydrogen-bond acceptors (Lipinski definition) is 5. The third-order valence-corrected chi connectivity index (χ3v) is 3.41. The van der Waals surface area contributed by atoms with Crippen LogP contribution in [0.1, 0.15) is 21.5 Å². The highest BCUT2D eigenvalue weighted by Gasteiger charge is 2.15. The first-order chi connectivity index (χ1) is 10.9. The Balaban J connectivity index is 2.19. The molecule has 0 atom stereocenters. The topological polar surface area (TPSA) is 78.7 Å². The molecular weight excluding hydrogens is 298 g/mol. The molecule has 0 fully saturated rings. The molecule has 0 saturated heterocycles. The number of non-ortho nitro benzene ring substituents is 1. The van der Waals surface area contributed by atoms with Gasteiger partial charge in [0.15, 0.2) is 23.9 Å². The summed E-state index contributed by atoms with van der Waals surface area (Å²) >= 11 is 0. The Kier molecular flexibility index (Phi) is 4.95. The summed E-state index contributed by atoms with van der Waals surface area (Å²) in [7, 11) is 1.43. The minimum Gasteiger partial charge on any atom is -0.493 e. The molecule has 0 aromatic heterocycles. The smallest absolute Gasteiger partial charge is 0.273 e. The number of ether oxygens (including phenoxy) is 2. The van der Waals surface area contributed by atoms with Crippen LogP contribution in [0.25, 0.3) is 0 Å². The Hall–Kier alpha value is -2.89. The summed E-state index contributed by atoms with van der Waals surface area (Å²) in [5.41, 5.74) is 2.29. The van der Waals surface area contributed by atoms with E-state index < -0.39 is 4.92 Å². The van der Waals surface area contributed by atoms with Crippen molar-refractivity contribution in [3.63, 3.8) is 0 Å². The lowest BCUT2D eigenvalue weighted by Crippen LogP contribution is -2.13. The molecule has 6 heteroatoms. The van der Waals surface area contributed by atoms with Crippen molar-refractivity contribution in [1.29, 1.82) is 0 Å². The predicted molar refractivity (Wildman–Crippen MR) is 85.4 cm³/mol. The molecule has 0 spiro atoms. The molecule has 2 aromatic carbocycles. The Bertz CT molecular complexity index is 755. The summed E-state index contributed by atoms with van der Waals surface area (Å²) < 4.78 is 10.6. The lowest BCUT2D eigenvalue weighted by Gasteiger charge is -2.11. The Morgan fingerprint density at radius 1 is 1.13 bits per heavy atom. The van der Waals surface area contributed by atoms with Crippen LogP contribution in [-0.4, -0.2) is 24.4 Å². The molecule has 0 aliphatic rings. The van der Waals surface area contributed by atoms with Gasteiger partial charge in [0.25, 0.3) is 5.69 Å². The molecule has 0 radical (unpaired) electrons. The standard InChI is InChI=1S/C17H17NO5/c1-11-4-5-12(2)14(8-11)15(19)10-23-17-9-13(18(20)21)6-7-16(17)22-3/h4-9H,10H2,1-3H3. The summed E-state index contributed by atoms with van der Waals surface area (Å²) in [5, 5.41) is 10.8. The van der Waals surface area contributed by atoms with E-state index in [1.807, 2.05) is 26.0 Å². The van der Waals surface area contributed by atoms with Crippen molar-refractivity contribution in [2.75, 3.05) is 13.7 Å². The molecule has 0 aliphatic heterocycles. The van der Waals surface area contributed by atoms with Gasteiger partial charge in [-0.2, -0.15) is 0 Å². The molecular formula is C17H17NO5. The molecule has 0 bridgehead atoms. The molecule has 0 unspecified atom stereocenters. The van der Waals surface area contributed by atoms with Crippen LogP contribution < -0.4 is 9.47 Å². The van der Waals surface area contributed by atoms with Crippen LogP contribution in [0.4, 0.5) is 5.69 Å². The number of Topliss-reactive ketones (excluding diaryl/α,β-unsaturated/α-hetero) is 1. The van der Waals surface area contributed by atoms with E-state index in [1.165, 1.54) is 25.3 Å². The maximum absolute atomic E-state index is 12.3. The second-order valence-corrected chi connectivity index (χ2v) is 5.12.